The van der Waals surface area contributed by atoms with Gasteiger partial charge in [-0.1, -0.05) is 0 Å². The Kier molecular flexibility index (Phi) is 4.65. The lowest BCUT2D eigenvalue weighted by atomic mass is 9.99. The summed E-state index contributed by atoms with van der Waals surface area (Å²) in [5.74, 6) is -1.68. The topological polar surface area (TPSA) is 186 Å². The number of anilines is 1. The molecule has 1 saturated heterocycles. The number of hydrogen-bond acceptors (Lipinski definition) is 9. The first-order valence-electron chi connectivity index (χ1n) is 6.35. The Morgan fingerprint density at radius 2 is 1.91 bits per heavy atom. The zero-order chi connectivity index (χ0) is 17.3. The van der Waals surface area contributed by atoms with Gasteiger partial charge in [0.25, 0.3) is 5.69 Å². The molecular weight excluding hydrogens is 316 g/mol. The molecule has 23 heavy (non-hydrogen) atoms. The summed E-state index contributed by atoms with van der Waals surface area (Å²) >= 11 is 0. The molecule has 1 fully saturated rings. The van der Waals surface area contributed by atoms with Crippen LogP contribution in [-0.2, 0) is 9.53 Å². The predicted octanol–water partition coefficient (Wildman–Crippen LogP) is -1.55. The summed E-state index contributed by atoms with van der Waals surface area (Å²) in [4.78, 5) is 20.9. The van der Waals surface area contributed by atoms with Crippen molar-refractivity contribution in [3.63, 3.8) is 0 Å². The lowest BCUT2D eigenvalue weighted by Gasteiger charge is -2.38. The minimum atomic E-state index is -1.85. The molecule has 11 nitrogen and oxygen atoms in total. The first-order chi connectivity index (χ1) is 10.7. The van der Waals surface area contributed by atoms with Crippen molar-refractivity contribution in [2.24, 2.45) is 0 Å². The molecule has 0 spiro atoms. The number of ether oxygens (including phenoxy) is 2. The standard InChI is InChI=1S/C12H14N2O9/c13-5-3-4(14(20)21)1-2-6(5)22-12-9(17)7(15)8(16)10(23-12)11(18)19/h1-3,7-10,12,15-17H,13H2,(H,18,19)/t7-,8-,9+,10-,12?/m0/s1. The summed E-state index contributed by atoms with van der Waals surface area (Å²) in [6.45, 7) is 0. The highest BCUT2D eigenvalue weighted by atomic mass is 16.7. The zero-order valence-electron chi connectivity index (χ0n) is 11.5. The van der Waals surface area contributed by atoms with Crippen molar-refractivity contribution in [1.82, 2.24) is 0 Å². The van der Waals surface area contributed by atoms with Crippen molar-refractivity contribution in [2.45, 2.75) is 30.7 Å². The monoisotopic (exact) mass is 330 g/mol. The van der Waals surface area contributed by atoms with E-state index >= 15 is 0 Å². The van der Waals surface area contributed by atoms with Crippen molar-refractivity contribution in [3.8, 4) is 5.75 Å². The zero-order valence-corrected chi connectivity index (χ0v) is 11.5. The number of nitrogens with two attached hydrogens (primary N) is 1. The number of aliphatic hydroxyl groups excluding tert-OH is 3. The maximum Gasteiger partial charge on any atom is 0.335 e. The molecule has 0 aromatic heterocycles. The summed E-state index contributed by atoms with van der Waals surface area (Å²) in [5.41, 5.74) is 5.14. The molecule has 1 aliphatic rings. The summed E-state index contributed by atoms with van der Waals surface area (Å²) < 4.78 is 10.1. The number of nitrogen functional groups attached to an aromatic ring is 1. The number of rotatable bonds is 4. The van der Waals surface area contributed by atoms with Gasteiger partial charge in [-0.2, -0.15) is 0 Å². The first-order valence-corrected chi connectivity index (χ1v) is 6.35. The van der Waals surface area contributed by atoms with Crippen LogP contribution in [-0.4, -0.2) is 62.0 Å². The Hall–Kier alpha value is -2.47. The average molecular weight is 330 g/mol. The van der Waals surface area contributed by atoms with Gasteiger partial charge in [-0.3, -0.25) is 10.1 Å². The van der Waals surface area contributed by atoms with E-state index in [0.29, 0.717) is 0 Å². The molecule has 0 saturated carbocycles. The fourth-order valence-corrected chi connectivity index (χ4v) is 2.03. The Bertz CT molecular complexity index is 623. The van der Waals surface area contributed by atoms with Crippen molar-refractivity contribution >= 4 is 17.3 Å². The number of carbonyl (C=O) groups is 1. The van der Waals surface area contributed by atoms with Crippen LogP contribution in [0, 0.1) is 10.1 Å². The van der Waals surface area contributed by atoms with E-state index in [2.05, 4.69) is 0 Å². The van der Waals surface area contributed by atoms with Gasteiger partial charge < -0.3 is 35.6 Å². The number of aliphatic carboxylic acids is 1. The fraction of sp³-hybridized carbons (Fsp3) is 0.417. The fourth-order valence-electron chi connectivity index (χ4n) is 2.03. The lowest BCUT2D eigenvalue weighted by Crippen LogP contribution is -2.61. The van der Waals surface area contributed by atoms with E-state index in [4.69, 9.17) is 20.3 Å². The quantitative estimate of drug-likeness (QED) is 0.246. The van der Waals surface area contributed by atoms with Crippen molar-refractivity contribution in [2.75, 3.05) is 5.73 Å². The highest BCUT2D eigenvalue weighted by molar-refractivity contribution is 5.73. The van der Waals surface area contributed by atoms with Gasteiger partial charge >= 0.3 is 5.97 Å². The second-order valence-corrected chi connectivity index (χ2v) is 4.83. The molecule has 1 aromatic carbocycles. The molecule has 126 valence electrons. The Balaban J connectivity index is 2.21. The molecule has 1 unspecified atom stereocenters. The normalized spacial score (nSPS) is 30.7. The van der Waals surface area contributed by atoms with Gasteiger partial charge in [-0.05, 0) is 6.07 Å². The highest BCUT2D eigenvalue weighted by Crippen LogP contribution is 2.30. The molecule has 0 bridgehead atoms. The number of carboxylic acid groups (broad SMARTS) is 1. The maximum atomic E-state index is 11.0. The number of hydrogen-bond donors (Lipinski definition) is 5. The summed E-state index contributed by atoms with van der Waals surface area (Å²) in [6.07, 6.45) is -8.89. The van der Waals surface area contributed by atoms with Gasteiger partial charge in [-0.25, -0.2) is 4.79 Å². The van der Waals surface area contributed by atoms with Crippen LogP contribution < -0.4 is 10.5 Å². The Labute approximate surface area is 128 Å². The predicted molar refractivity (Wildman–Crippen MR) is 72.5 cm³/mol. The third kappa shape index (κ3) is 3.32. The number of carboxylic acids is 1. The minimum Gasteiger partial charge on any atom is -0.479 e. The second kappa shape index (κ2) is 6.34. The first kappa shape index (κ1) is 16.9. The smallest absolute Gasteiger partial charge is 0.335 e. The number of nitro groups is 1. The van der Waals surface area contributed by atoms with Gasteiger partial charge in [-0.15, -0.1) is 0 Å². The molecule has 1 aromatic rings. The molecule has 11 heteroatoms. The van der Waals surface area contributed by atoms with Crippen LogP contribution in [0.1, 0.15) is 0 Å². The van der Waals surface area contributed by atoms with Crippen LogP contribution in [0.4, 0.5) is 11.4 Å². The van der Waals surface area contributed by atoms with E-state index in [1.807, 2.05) is 0 Å². The van der Waals surface area contributed by atoms with Gasteiger partial charge in [0.2, 0.25) is 6.29 Å². The third-order valence-corrected chi connectivity index (χ3v) is 3.26. The van der Waals surface area contributed by atoms with Crippen molar-refractivity contribution in [3.05, 3.63) is 28.3 Å². The molecule has 1 heterocycles. The third-order valence-electron chi connectivity index (χ3n) is 3.26. The van der Waals surface area contributed by atoms with E-state index in [1.165, 1.54) is 0 Å². The molecule has 0 amide bonds. The number of aliphatic hydroxyl groups is 3. The summed E-state index contributed by atoms with van der Waals surface area (Å²) in [6, 6.07) is 3.22. The highest BCUT2D eigenvalue weighted by Gasteiger charge is 2.48. The van der Waals surface area contributed by atoms with E-state index < -0.39 is 41.6 Å². The van der Waals surface area contributed by atoms with Crippen LogP contribution in [0.15, 0.2) is 18.2 Å². The number of nitro benzene ring substituents is 1. The Morgan fingerprint density at radius 3 is 2.43 bits per heavy atom. The molecule has 6 N–H and O–H groups in total. The number of nitrogens with zero attached hydrogens (tertiary/aromatic N) is 1. The van der Waals surface area contributed by atoms with E-state index in [-0.39, 0.29) is 17.1 Å². The number of non-ortho nitro benzene ring substituents is 1. The van der Waals surface area contributed by atoms with Crippen LogP contribution in [0.5, 0.6) is 5.75 Å². The van der Waals surface area contributed by atoms with E-state index in [1.54, 1.807) is 0 Å². The molecule has 0 aliphatic carbocycles. The van der Waals surface area contributed by atoms with Gasteiger partial charge in [0, 0.05) is 12.1 Å². The summed E-state index contributed by atoms with van der Waals surface area (Å²) in [5, 5.41) is 48.5. The van der Waals surface area contributed by atoms with Crippen LogP contribution in [0.3, 0.4) is 0 Å². The van der Waals surface area contributed by atoms with E-state index in [9.17, 15) is 30.2 Å². The minimum absolute atomic E-state index is 0.118. The lowest BCUT2D eigenvalue weighted by molar-refractivity contribution is -0.384. The van der Waals surface area contributed by atoms with E-state index in [0.717, 1.165) is 18.2 Å². The SMILES string of the molecule is Nc1cc([N+](=O)[O-])ccc1OC1O[C@H](C(=O)O)[C@@H](O)[C@H](O)[C@H]1O. The average Bonchev–Trinajstić information content (AvgIpc) is 2.48. The Morgan fingerprint density at radius 1 is 1.26 bits per heavy atom. The van der Waals surface area contributed by atoms with Crippen LogP contribution >= 0.6 is 0 Å². The molecule has 1 aliphatic heterocycles. The van der Waals surface area contributed by atoms with Crippen molar-refractivity contribution < 1.29 is 39.6 Å². The van der Waals surface area contributed by atoms with Crippen molar-refractivity contribution in [1.29, 1.82) is 0 Å². The van der Waals surface area contributed by atoms with Crippen LogP contribution in [0.2, 0.25) is 0 Å². The van der Waals surface area contributed by atoms with Gasteiger partial charge in [0.15, 0.2) is 6.10 Å². The second-order valence-electron chi connectivity index (χ2n) is 4.83. The summed E-state index contributed by atoms with van der Waals surface area (Å²) in [7, 11) is 0. The number of benzene rings is 1. The molecular formula is C12H14N2O9. The van der Waals surface area contributed by atoms with Crippen LogP contribution in [0.25, 0.3) is 0 Å². The van der Waals surface area contributed by atoms with Gasteiger partial charge in [0.05, 0.1) is 10.6 Å². The molecule has 2 rings (SSSR count). The maximum absolute atomic E-state index is 11.0. The van der Waals surface area contributed by atoms with Gasteiger partial charge in [0.1, 0.15) is 24.1 Å². The largest absolute Gasteiger partial charge is 0.479 e. The molecule has 0 radical (unpaired) electrons. The molecule has 5 atom stereocenters.